The molecule has 2 aliphatic rings. The van der Waals surface area contributed by atoms with Crippen molar-refractivity contribution in [3.8, 4) is 0 Å². The molecular weight excluding hydrogens is 414 g/mol. The number of hydrogen-bond acceptors (Lipinski definition) is 5. The van der Waals surface area contributed by atoms with Gasteiger partial charge in [-0.3, -0.25) is 14.2 Å². The van der Waals surface area contributed by atoms with Crippen LogP contribution in [0.1, 0.15) is 61.9 Å². The number of thioether (sulfide) groups is 2. The number of aromatic nitrogens is 2. The predicted molar refractivity (Wildman–Crippen MR) is 125 cm³/mol. The van der Waals surface area contributed by atoms with Crippen molar-refractivity contribution in [3.63, 3.8) is 0 Å². The number of anilines is 1. The van der Waals surface area contributed by atoms with Crippen LogP contribution in [0.5, 0.6) is 0 Å². The zero-order valence-electron chi connectivity index (χ0n) is 17.9. The number of aryl methyl sites for hydroxylation is 2. The third kappa shape index (κ3) is 4.62. The predicted octanol–water partition coefficient (Wildman–Crippen LogP) is 5.13. The summed E-state index contributed by atoms with van der Waals surface area (Å²) in [6.45, 7) is 6.18. The molecule has 30 heavy (non-hydrogen) atoms. The summed E-state index contributed by atoms with van der Waals surface area (Å²) < 4.78 is 1.90. The smallest absolute Gasteiger partial charge is 0.268 e. The fourth-order valence-corrected chi connectivity index (χ4v) is 6.33. The molecular formula is C23H29N3O2S2. The van der Waals surface area contributed by atoms with Crippen LogP contribution in [0.3, 0.4) is 0 Å². The van der Waals surface area contributed by atoms with Crippen LogP contribution in [-0.2, 0) is 11.2 Å². The Bertz CT molecular complexity index is 1010. The van der Waals surface area contributed by atoms with Crippen molar-refractivity contribution < 1.29 is 4.79 Å². The first-order valence-corrected chi connectivity index (χ1v) is 12.6. The Balaban J connectivity index is 1.55. The van der Waals surface area contributed by atoms with Crippen LogP contribution < -0.4 is 10.9 Å². The van der Waals surface area contributed by atoms with Crippen molar-refractivity contribution in [2.45, 2.75) is 80.6 Å². The average Bonchev–Trinajstić information content (AvgIpc) is 3.10. The molecule has 1 N–H and O–H groups in total. The van der Waals surface area contributed by atoms with E-state index in [2.05, 4.69) is 18.3 Å². The van der Waals surface area contributed by atoms with Gasteiger partial charge in [0, 0.05) is 23.4 Å². The Labute approximate surface area is 186 Å². The molecule has 1 unspecified atom stereocenters. The van der Waals surface area contributed by atoms with Crippen LogP contribution in [0.2, 0.25) is 0 Å². The van der Waals surface area contributed by atoms with Crippen molar-refractivity contribution in [2.24, 2.45) is 0 Å². The van der Waals surface area contributed by atoms with E-state index in [0.717, 1.165) is 53.9 Å². The maximum atomic E-state index is 13.3. The Hall–Kier alpha value is -1.73. The van der Waals surface area contributed by atoms with Gasteiger partial charge in [0.1, 0.15) is 0 Å². The van der Waals surface area contributed by atoms with E-state index in [1.807, 2.05) is 30.5 Å². The quantitative estimate of drug-likeness (QED) is 0.512. The second-order valence-electron chi connectivity index (χ2n) is 8.43. The highest BCUT2D eigenvalue weighted by atomic mass is 32.2. The monoisotopic (exact) mass is 443 g/mol. The molecule has 1 aliphatic carbocycles. The van der Waals surface area contributed by atoms with Gasteiger partial charge >= 0.3 is 0 Å². The summed E-state index contributed by atoms with van der Waals surface area (Å²) in [4.78, 5) is 31.6. The van der Waals surface area contributed by atoms with Gasteiger partial charge in [0.05, 0.1) is 16.3 Å². The Morgan fingerprint density at radius 3 is 2.77 bits per heavy atom. The van der Waals surface area contributed by atoms with Crippen LogP contribution in [0.25, 0.3) is 0 Å². The van der Waals surface area contributed by atoms with Crippen LogP contribution >= 0.6 is 23.5 Å². The third-order valence-corrected chi connectivity index (χ3v) is 8.01. The van der Waals surface area contributed by atoms with Crippen LogP contribution in [0.4, 0.5) is 5.69 Å². The minimum atomic E-state index is -0.0698. The lowest BCUT2D eigenvalue weighted by Gasteiger charge is -2.26. The molecule has 1 aromatic heterocycles. The van der Waals surface area contributed by atoms with Crippen molar-refractivity contribution >= 4 is 35.1 Å². The molecule has 160 valence electrons. The fraction of sp³-hybridized carbons (Fsp3) is 0.522. The zero-order valence-corrected chi connectivity index (χ0v) is 19.5. The lowest BCUT2D eigenvalue weighted by atomic mass is 9.95. The van der Waals surface area contributed by atoms with Gasteiger partial charge in [-0.25, -0.2) is 4.98 Å². The Morgan fingerprint density at radius 2 is 2.03 bits per heavy atom. The molecule has 1 atom stereocenters. The number of carbonyl (C=O) groups excluding carboxylic acids is 1. The number of rotatable bonds is 5. The second kappa shape index (κ2) is 9.18. The molecule has 1 saturated carbocycles. The minimum Gasteiger partial charge on any atom is -0.325 e. The SMILES string of the molecule is Cc1ccc(NC(=O)CSc2nc3c(c(=O)n2C2CCCCC2)SC(C)C3)c(C)c1. The first-order valence-electron chi connectivity index (χ1n) is 10.7. The molecule has 1 fully saturated rings. The van der Waals surface area contributed by atoms with E-state index in [4.69, 9.17) is 4.98 Å². The van der Waals surface area contributed by atoms with Crippen molar-refractivity contribution in [1.29, 1.82) is 0 Å². The molecule has 0 saturated heterocycles. The van der Waals surface area contributed by atoms with Gasteiger partial charge in [0.25, 0.3) is 5.56 Å². The fourth-order valence-electron chi connectivity index (χ4n) is 4.34. The topological polar surface area (TPSA) is 64.0 Å². The molecule has 4 rings (SSSR count). The summed E-state index contributed by atoms with van der Waals surface area (Å²) in [5.41, 5.74) is 4.06. The highest BCUT2D eigenvalue weighted by molar-refractivity contribution is 8.00. The van der Waals surface area contributed by atoms with E-state index >= 15 is 0 Å². The van der Waals surface area contributed by atoms with Gasteiger partial charge in [0.2, 0.25) is 5.91 Å². The summed E-state index contributed by atoms with van der Waals surface area (Å²) in [5, 5.41) is 4.09. The number of carbonyl (C=O) groups is 1. The van der Waals surface area contributed by atoms with E-state index < -0.39 is 0 Å². The maximum absolute atomic E-state index is 13.3. The standard InChI is InChI=1S/C23H29N3O2S2/c1-14-9-10-18(15(2)11-14)24-20(27)13-29-23-25-19-12-16(3)30-21(19)22(28)26(23)17-7-5-4-6-8-17/h9-11,16-17H,4-8,12-13H2,1-3H3,(H,24,27). The first-order chi connectivity index (χ1) is 14.4. The maximum Gasteiger partial charge on any atom is 0.268 e. The molecule has 1 aliphatic heterocycles. The zero-order chi connectivity index (χ0) is 21.3. The molecule has 1 amide bonds. The normalized spacial score (nSPS) is 19.0. The Kier molecular flexibility index (Phi) is 6.58. The van der Waals surface area contributed by atoms with Gasteiger partial charge in [-0.15, -0.1) is 11.8 Å². The molecule has 7 heteroatoms. The van der Waals surface area contributed by atoms with Crippen LogP contribution in [0.15, 0.2) is 33.0 Å². The van der Waals surface area contributed by atoms with E-state index in [1.165, 1.54) is 23.7 Å². The van der Waals surface area contributed by atoms with Gasteiger partial charge < -0.3 is 5.32 Å². The molecule has 1 aromatic carbocycles. The van der Waals surface area contributed by atoms with Gasteiger partial charge in [-0.1, -0.05) is 55.6 Å². The highest BCUT2D eigenvalue weighted by Crippen LogP contribution is 2.37. The molecule has 0 radical (unpaired) electrons. The third-order valence-electron chi connectivity index (χ3n) is 5.84. The molecule has 5 nitrogen and oxygen atoms in total. The van der Waals surface area contributed by atoms with Crippen molar-refractivity contribution in [2.75, 3.05) is 11.1 Å². The number of amides is 1. The largest absolute Gasteiger partial charge is 0.325 e. The lowest BCUT2D eigenvalue weighted by molar-refractivity contribution is -0.113. The first kappa shape index (κ1) is 21.5. The van der Waals surface area contributed by atoms with E-state index in [9.17, 15) is 9.59 Å². The number of nitrogens with one attached hydrogen (secondary N) is 1. The minimum absolute atomic E-state index is 0.0698. The molecule has 0 bridgehead atoms. The number of nitrogens with zero attached hydrogens (tertiary/aromatic N) is 2. The second-order valence-corrected chi connectivity index (χ2v) is 10.8. The van der Waals surface area contributed by atoms with E-state index in [-0.39, 0.29) is 23.3 Å². The van der Waals surface area contributed by atoms with Gasteiger partial charge in [-0.05, 0) is 38.3 Å². The van der Waals surface area contributed by atoms with Gasteiger partial charge in [0.15, 0.2) is 5.16 Å². The number of fused-ring (bicyclic) bond motifs is 1. The van der Waals surface area contributed by atoms with E-state index in [1.54, 1.807) is 11.8 Å². The lowest BCUT2D eigenvalue weighted by Crippen LogP contribution is -2.30. The number of benzene rings is 1. The Morgan fingerprint density at radius 1 is 1.27 bits per heavy atom. The highest BCUT2D eigenvalue weighted by Gasteiger charge is 2.29. The summed E-state index contributed by atoms with van der Waals surface area (Å²) in [6.07, 6.45) is 6.38. The van der Waals surface area contributed by atoms with E-state index in [0.29, 0.717) is 10.4 Å². The summed E-state index contributed by atoms with van der Waals surface area (Å²) in [7, 11) is 0. The van der Waals surface area contributed by atoms with Gasteiger partial charge in [-0.2, -0.15) is 0 Å². The summed E-state index contributed by atoms with van der Waals surface area (Å²) in [6, 6.07) is 6.20. The summed E-state index contributed by atoms with van der Waals surface area (Å²) >= 11 is 3.04. The average molecular weight is 444 g/mol. The molecule has 2 heterocycles. The summed E-state index contributed by atoms with van der Waals surface area (Å²) in [5.74, 6) is 0.174. The van der Waals surface area contributed by atoms with Crippen LogP contribution in [0, 0.1) is 13.8 Å². The number of hydrogen-bond donors (Lipinski definition) is 1. The van der Waals surface area contributed by atoms with Crippen LogP contribution in [-0.4, -0.2) is 26.5 Å². The van der Waals surface area contributed by atoms with Crippen molar-refractivity contribution in [1.82, 2.24) is 9.55 Å². The molecule has 2 aromatic rings. The van der Waals surface area contributed by atoms with Crippen molar-refractivity contribution in [3.05, 3.63) is 45.4 Å². The molecule has 0 spiro atoms.